The van der Waals surface area contributed by atoms with E-state index < -0.39 is 0 Å². The molecular weight excluding hydrogens is 204 g/mol. The highest BCUT2D eigenvalue weighted by atomic mass is 32.2. The van der Waals surface area contributed by atoms with E-state index in [-0.39, 0.29) is 6.61 Å². The minimum absolute atomic E-state index is 0.253. The number of nitrogens with zero attached hydrogens (tertiary/aromatic N) is 2. The van der Waals surface area contributed by atoms with Crippen molar-refractivity contribution in [3.05, 3.63) is 5.82 Å². The van der Waals surface area contributed by atoms with Gasteiger partial charge in [0.1, 0.15) is 5.82 Å². The van der Waals surface area contributed by atoms with E-state index in [1.165, 1.54) is 11.5 Å². The normalized spacial score (nSPS) is 11.1. The van der Waals surface area contributed by atoms with Gasteiger partial charge in [-0.1, -0.05) is 25.6 Å². The zero-order chi connectivity index (χ0) is 9.68. The van der Waals surface area contributed by atoms with Gasteiger partial charge in [0.2, 0.25) is 0 Å². The van der Waals surface area contributed by atoms with Crippen molar-refractivity contribution in [2.45, 2.75) is 30.5 Å². The summed E-state index contributed by atoms with van der Waals surface area (Å²) < 4.78 is 5.25. The van der Waals surface area contributed by atoms with Gasteiger partial charge in [0.05, 0.1) is 0 Å². The van der Waals surface area contributed by atoms with E-state index in [1.54, 1.807) is 11.8 Å². The van der Waals surface area contributed by atoms with Gasteiger partial charge in [0.15, 0.2) is 4.34 Å². The standard InChI is InChI=1S/C8H14N2OS2/c1-6(2)7-9-8(13-10-7)12-5-3-4-11/h6,11H,3-5H2,1-2H3. The van der Waals surface area contributed by atoms with Gasteiger partial charge in [0, 0.05) is 18.3 Å². The van der Waals surface area contributed by atoms with E-state index in [2.05, 4.69) is 23.2 Å². The first kappa shape index (κ1) is 10.9. The second kappa shape index (κ2) is 5.57. The monoisotopic (exact) mass is 218 g/mol. The Hall–Kier alpha value is -0.130. The second-order valence-corrected chi connectivity index (χ2v) is 5.09. The smallest absolute Gasteiger partial charge is 0.170 e. The van der Waals surface area contributed by atoms with E-state index in [1.807, 2.05) is 0 Å². The van der Waals surface area contributed by atoms with Crippen molar-refractivity contribution in [1.29, 1.82) is 0 Å². The third kappa shape index (κ3) is 3.62. The third-order valence-electron chi connectivity index (χ3n) is 1.47. The van der Waals surface area contributed by atoms with Gasteiger partial charge in [-0.25, -0.2) is 4.98 Å². The lowest BCUT2D eigenvalue weighted by atomic mass is 10.2. The number of aliphatic hydroxyl groups excluding tert-OH is 1. The molecule has 13 heavy (non-hydrogen) atoms. The molecule has 0 atom stereocenters. The van der Waals surface area contributed by atoms with E-state index in [9.17, 15) is 0 Å². The van der Waals surface area contributed by atoms with Crippen molar-refractivity contribution in [1.82, 2.24) is 9.36 Å². The van der Waals surface area contributed by atoms with Crippen LogP contribution in [0, 0.1) is 0 Å². The van der Waals surface area contributed by atoms with Crippen molar-refractivity contribution in [3.63, 3.8) is 0 Å². The maximum atomic E-state index is 8.59. The van der Waals surface area contributed by atoms with E-state index >= 15 is 0 Å². The molecule has 5 heteroatoms. The largest absolute Gasteiger partial charge is 0.396 e. The Morgan fingerprint density at radius 2 is 2.31 bits per heavy atom. The predicted molar refractivity (Wildman–Crippen MR) is 56.4 cm³/mol. The van der Waals surface area contributed by atoms with Gasteiger partial charge in [0.25, 0.3) is 0 Å². The number of hydrogen-bond acceptors (Lipinski definition) is 5. The van der Waals surface area contributed by atoms with Crippen molar-refractivity contribution in [3.8, 4) is 0 Å². The summed E-state index contributed by atoms with van der Waals surface area (Å²) in [5, 5.41) is 8.59. The van der Waals surface area contributed by atoms with Crippen LogP contribution in [0.5, 0.6) is 0 Å². The fraction of sp³-hybridized carbons (Fsp3) is 0.750. The molecule has 0 aliphatic heterocycles. The summed E-state index contributed by atoms with van der Waals surface area (Å²) in [6, 6.07) is 0. The van der Waals surface area contributed by atoms with Crippen molar-refractivity contribution in [2.24, 2.45) is 0 Å². The Balaban J connectivity index is 2.40. The van der Waals surface area contributed by atoms with E-state index in [0.29, 0.717) is 5.92 Å². The number of aromatic nitrogens is 2. The Morgan fingerprint density at radius 1 is 1.54 bits per heavy atom. The Bertz CT molecular complexity index is 250. The summed E-state index contributed by atoms with van der Waals surface area (Å²) >= 11 is 3.12. The van der Waals surface area contributed by atoms with Crippen LogP contribution in [0.3, 0.4) is 0 Å². The summed E-state index contributed by atoms with van der Waals surface area (Å²) in [7, 11) is 0. The molecule has 0 spiro atoms. The Morgan fingerprint density at radius 3 is 2.85 bits per heavy atom. The zero-order valence-electron chi connectivity index (χ0n) is 7.86. The highest BCUT2D eigenvalue weighted by Gasteiger charge is 2.07. The topological polar surface area (TPSA) is 46.0 Å². The molecule has 0 amide bonds. The van der Waals surface area contributed by atoms with Gasteiger partial charge in [-0.05, 0) is 18.0 Å². The molecule has 0 aliphatic carbocycles. The number of thioether (sulfide) groups is 1. The van der Waals surface area contributed by atoms with Crippen LogP contribution in [0.15, 0.2) is 4.34 Å². The maximum Gasteiger partial charge on any atom is 0.170 e. The molecule has 1 N–H and O–H groups in total. The van der Waals surface area contributed by atoms with Crippen molar-refractivity contribution in [2.75, 3.05) is 12.4 Å². The molecule has 0 unspecified atom stereocenters. The summed E-state index contributed by atoms with van der Waals surface area (Å²) in [6.07, 6.45) is 0.821. The van der Waals surface area contributed by atoms with Crippen LogP contribution in [-0.2, 0) is 0 Å². The van der Waals surface area contributed by atoms with Crippen LogP contribution < -0.4 is 0 Å². The van der Waals surface area contributed by atoms with Gasteiger partial charge >= 0.3 is 0 Å². The second-order valence-electron chi connectivity index (χ2n) is 3.00. The van der Waals surface area contributed by atoms with E-state index in [0.717, 1.165) is 22.3 Å². The molecule has 74 valence electrons. The Labute approximate surface area is 86.8 Å². The van der Waals surface area contributed by atoms with E-state index in [4.69, 9.17) is 5.11 Å². The quantitative estimate of drug-likeness (QED) is 0.607. The number of rotatable bonds is 5. The molecule has 0 radical (unpaired) electrons. The molecule has 0 saturated carbocycles. The lowest BCUT2D eigenvalue weighted by Crippen LogP contribution is -1.89. The van der Waals surface area contributed by atoms with Gasteiger partial charge in [-0.3, -0.25) is 0 Å². The molecule has 0 bridgehead atoms. The van der Waals surface area contributed by atoms with Crippen LogP contribution >= 0.6 is 23.3 Å². The van der Waals surface area contributed by atoms with Crippen LogP contribution in [-0.4, -0.2) is 26.8 Å². The van der Waals surface area contributed by atoms with Gasteiger partial charge in [-0.2, -0.15) is 4.37 Å². The van der Waals surface area contributed by atoms with Crippen LogP contribution in [0.25, 0.3) is 0 Å². The highest BCUT2D eigenvalue weighted by molar-refractivity contribution is 8.00. The number of aliphatic hydroxyl groups is 1. The molecule has 1 aromatic heterocycles. The van der Waals surface area contributed by atoms with Crippen LogP contribution in [0.1, 0.15) is 32.0 Å². The van der Waals surface area contributed by atoms with Crippen molar-refractivity contribution >= 4 is 23.3 Å². The first-order valence-corrected chi connectivity index (χ1v) is 6.07. The molecule has 1 rings (SSSR count). The fourth-order valence-corrected chi connectivity index (χ4v) is 2.47. The molecule has 0 aromatic carbocycles. The van der Waals surface area contributed by atoms with Crippen LogP contribution in [0.4, 0.5) is 0 Å². The van der Waals surface area contributed by atoms with Gasteiger partial charge in [-0.15, -0.1) is 0 Å². The maximum absolute atomic E-state index is 8.59. The molecule has 0 saturated heterocycles. The summed E-state index contributed by atoms with van der Waals surface area (Å²) in [5.41, 5.74) is 0. The molecule has 3 nitrogen and oxygen atoms in total. The molecule has 0 aliphatic rings. The average Bonchev–Trinajstić information content (AvgIpc) is 2.53. The minimum atomic E-state index is 0.253. The summed E-state index contributed by atoms with van der Waals surface area (Å²) in [4.78, 5) is 4.37. The fourth-order valence-electron chi connectivity index (χ4n) is 0.737. The number of hydrogen-bond donors (Lipinski definition) is 1. The molecular formula is C8H14N2OS2. The van der Waals surface area contributed by atoms with Crippen molar-refractivity contribution < 1.29 is 5.11 Å². The SMILES string of the molecule is CC(C)c1nsc(SCCCO)n1. The summed E-state index contributed by atoms with van der Waals surface area (Å²) in [6.45, 7) is 4.43. The molecule has 0 fully saturated rings. The zero-order valence-corrected chi connectivity index (χ0v) is 9.49. The predicted octanol–water partition coefficient (Wildman–Crippen LogP) is 2.14. The lowest BCUT2D eigenvalue weighted by Gasteiger charge is -1.95. The summed E-state index contributed by atoms with van der Waals surface area (Å²) in [5.74, 6) is 2.25. The first-order chi connectivity index (χ1) is 6.24. The highest BCUT2D eigenvalue weighted by Crippen LogP contribution is 2.23. The van der Waals surface area contributed by atoms with Crippen LogP contribution in [0.2, 0.25) is 0 Å². The molecule has 1 aromatic rings. The third-order valence-corrected chi connectivity index (χ3v) is 3.40. The average molecular weight is 218 g/mol. The first-order valence-electron chi connectivity index (χ1n) is 4.31. The Kier molecular flexibility index (Phi) is 4.69. The van der Waals surface area contributed by atoms with Gasteiger partial charge < -0.3 is 5.11 Å². The lowest BCUT2D eigenvalue weighted by molar-refractivity contribution is 0.296. The minimum Gasteiger partial charge on any atom is -0.396 e. The molecule has 1 heterocycles.